The molecule has 0 bridgehead atoms. The lowest BCUT2D eigenvalue weighted by molar-refractivity contribution is -0.116. The maximum atomic E-state index is 13.3. The standard InChI is InChI=1S/C37H41N13O9/c1-46-9-5-6-22(46)33(55)40-20-11-24(48(3)15-20)35(57)42-21-12-25(49(4)16-21)34(56)41-19-10-23(47(2)14-19)32(54)38-8-7-28(53)43-37-44-31-30(36(58)45-37)39-18-50(31)29-13-26(52)27(17-51)59-29/h5-6,9-12,14-16,18,26-27,29,51-52H,7-8,13,17H2,1-4H3,(H,38,54)(H,40,55)(H,41,56)(H,42,57)(H2,43,44,45,53,58)/t26-,27+,29+/m0/s1. The normalized spacial score (nSPS) is 16.3. The van der Waals surface area contributed by atoms with Gasteiger partial charge in [-0.15, -0.1) is 0 Å². The summed E-state index contributed by atoms with van der Waals surface area (Å²) in [5.74, 6) is -2.55. The zero-order valence-corrected chi connectivity index (χ0v) is 32.2. The van der Waals surface area contributed by atoms with Gasteiger partial charge in [-0.1, -0.05) is 0 Å². The molecule has 3 atom stereocenters. The molecule has 6 aromatic heterocycles. The molecule has 1 aliphatic rings. The Morgan fingerprint density at radius 3 is 1.90 bits per heavy atom. The van der Waals surface area contributed by atoms with Crippen LogP contribution in [0, 0.1) is 0 Å². The van der Waals surface area contributed by atoms with Crippen LogP contribution in [0.15, 0.2) is 66.2 Å². The van der Waals surface area contributed by atoms with Gasteiger partial charge in [-0.25, -0.2) is 4.98 Å². The number of carbonyl (C=O) groups is 5. The second-order valence-electron chi connectivity index (χ2n) is 13.9. The van der Waals surface area contributed by atoms with Crippen molar-refractivity contribution in [1.29, 1.82) is 0 Å². The summed E-state index contributed by atoms with van der Waals surface area (Å²) in [6.07, 6.45) is 5.29. The number of aromatic amines is 1. The lowest BCUT2D eigenvalue weighted by atomic mass is 10.2. The third-order valence-corrected chi connectivity index (χ3v) is 9.68. The average Bonchev–Trinajstić information content (AvgIpc) is 4.04. The Kier molecular flexibility index (Phi) is 11.0. The summed E-state index contributed by atoms with van der Waals surface area (Å²) in [5.41, 5.74) is 1.69. The van der Waals surface area contributed by atoms with E-state index < -0.39 is 54.2 Å². The molecule has 22 heteroatoms. The van der Waals surface area contributed by atoms with E-state index in [1.165, 1.54) is 32.2 Å². The fourth-order valence-corrected chi connectivity index (χ4v) is 6.68. The van der Waals surface area contributed by atoms with Gasteiger partial charge in [-0.3, -0.25) is 43.6 Å². The van der Waals surface area contributed by atoms with Gasteiger partial charge in [0.2, 0.25) is 11.9 Å². The number of amides is 5. The van der Waals surface area contributed by atoms with E-state index in [0.29, 0.717) is 22.8 Å². The number of aryl methyl sites for hydroxylation is 4. The second kappa shape index (κ2) is 16.3. The topological polar surface area (TPSA) is 278 Å². The van der Waals surface area contributed by atoms with E-state index in [1.807, 2.05) is 0 Å². The highest BCUT2D eigenvalue weighted by Crippen LogP contribution is 2.30. The largest absolute Gasteiger partial charge is 0.394 e. The fourth-order valence-electron chi connectivity index (χ4n) is 6.68. The molecule has 7 rings (SSSR count). The van der Waals surface area contributed by atoms with Gasteiger partial charge in [0.05, 0.1) is 36.1 Å². The molecular formula is C37H41N13O9. The van der Waals surface area contributed by atoms with Gasteiger partial charge in [0.15, 0.2) is 11.2 Å². The number of ether oxygens (including phenoxy) is 1. The molecule has 6 aromatic rings. The highest BCUT2D eigenvalue weighted by atomic mass is 16.5. The van der Waals surface area contributed by atoms with Gasteiger partial charge < -0.3 is 54.5 Å². The number of hydrogen-bond acceptors (Lipinski definition) is 11. The van der Waals surface area contributed by atoms with Crippen LogP contribution in [0.25, 0.3) is 11.2 Å². The van der Waals surface area contributed by atoms with E-state index in [4.69, 9.17) is 4.74 Å². The zero-order valence-electron chi connectivity index (χ0n) is 32.2. The van der Waals surface area contributed by atoms with Crippen molar-refractivity contribution in [2.75, 3.05) is 34.4 Å². The number of imidazole rings is 1. The lowest BCUT2D eigenvalue weighted by Crippen LogP contribution is -2.29. The quantitative estimate of drug-likeness (QED) is 0.0801. The van der Waals surface area contributed by atoms with Crippen LogP contribution in [0.5, 0.6) is 0 Å². The summed E-state index contributed by atoms with van der Waals surface area (Å²) in [4.78, 5) is 88.3. The Labute approximate surface area is 333 Å². The van der Waals surface area contributed by atoms with Crippen LogP contribution >= 0.6 is 0 Å². The molecule has 0 aromatic carbocycles. The molecule has 0 aliphatic carbocycles. The number of aliphatic hydroxyl groups is 2. The minimum atomic E-state index is -0.925. The average molecular weight is 812 g/mol. The number of aliphatic hydroxyl groups excluding tert-OH is 2. The molecule has 1 fully saturated rings. The van der Waals surface area contributed by atoms with Crippen LogP contribution in [0.3, 0.4) is 0 Å². The van der Waals surface area contributed by atoms with Crippen molar-refractivity contribution < 1.29 is 38.9 Å². The third kappa shape index (κ3) is 8.39. The van der Waals surface area contributed by atoms with Gasteiger partial charge >= 0.3 is 0 Å². The second-order valence-corrected chi connectivity index (χ2v) is 13.9. The first-order valence-corrected chi connectivity index (χ1v) is 18.2. The van der Waals surface area contributed by atoms with Crippen LogP contribution in [0.1, 0.15) is 61.0 Å². The van der Waals surface area contributed by atoms with Gasteiger partial charge in [0.1, 0.15) is 35.1 Å². The van der Waals surface area contributed by atoms with Crippen LogP contribution in [0.2, 0.25) is 0 Å². The van der Waals surface area contributed by atoms with E-state index in [2.05, 4.69) is 41.5 Å². The fraction of sp³-hybridized carbons (Fsp3) is 0.297. The van der Waals surface area contributed by atoms with Gasteiger partial charge in [0.25, 0.3) is 29.2 Å². The van der Waals surface area contributed by atoms with Crippen LogP contribution in [-0.4, -0.2) is 103 Å². The molecule has 22 nitrogen and oxygen atoms in total. The van der Waals surface area contributed by atoms with Crippen molar-refractivity contribution >= 4 is 63.7 Å². The number of hydrogen-bond donors (Lipinski definition) is 8. The van der Waals surface area contributed by atoms with Crippen LogP contribution < -0.4 is 32.1 Å². The molecule has 0 radical (unpaired) electrons. The van der Waals surface area contributed by atoms with Crippen molar-refractivity contribution in [3.8, 4) is 0 Å². The molecule has 59 heavy (non-hydrogen) atoms. The smallest absolute Gasteiger partial charge is 0.280 e. The first-order valence-electron chi connectivity index (χ1n) is 18.2. The van der Waals surface area contributed by atoms with Gasteiger partial charge in [0, 0.05) is 72.4 Å². The van der Waals surface area contributed by atoms with Gasteiger partial charge in [-0.05, 0) is 30.3 Å². The van der Waals surface area contributed by atoms with Crippen molar-refractivity contribution in [3.05, 3.63) is 94.6 Å². The van der Waals surface area contributed by atoms with Crippen molar-refractivity contribution in [2.45, 2.75) is 31.3 Å². The Balaban J connectivity index is 0.908. The summed E-state index contributed by atoms with van der Waals surface area (Å²) in [5, 5.41) is 33.0. The molecule has 1 aliphatic heterocycles. The summed E-state index contributed by atoms with van der Waals surface area (Å²) >= 11 is 0. The van der Waals surface area contributed by atoms with Crippen LogP contribution in [-0.2, 0) is 37.7 Å². The van der Waals surface area contributed by atoms with Crippen molar-refractivity contribution in [3.63, 3.8) is 0 Å². The maximum absolute atomic E-state index is 13.3. The number of nitrogens with one attached hydrogen (secondary N) is 6. The zero-order chi connectivity index (χ0) is 42.1. The maximum Gasteiger partial charge on any atom is 0.280 e. The monoisotopic (exact) mass is 811 g/mol. The summed E-state index contributed by atoms with van der Waals surface area (Å²) in [6.45, 7) is -0.474. The highest BCUT2D eigenvalue weighted by molar-refractivity contribution is 6.08. The van der Waals surface area contributed by atoms with E-state index in [0.717, 1.165) is 0 Å². The molecule has 5 amide bonds. The molecular weight excluding hydrogens is 770 g/mol. The van der Waals surface area contributed by atoms with E-state index in [1.54, 1.807) is 80.3 Å². The van der Waals surface area contributed by atoms with E-state index in [-0.39, 0.29) is 59.5 Å². The molecule has 0 unspecified atom stereocenters. The molecule has 8 N–H and O–H groups in total. The Morgan fingerprint density at radius 1 is 0.814 bits per heavy atom. The van der Waals surface area contributed by atoms with Gasteiger partial charge in [-0.2, -0.15) is 4.98 Å². The molecule has 0 saturated carbocycles. The number of H-pyrrole nitrogens is 1. The van der Waals surface area contributed by atoms with E-state index in [9.17, 15) is 39.0 Å². The Bertz CT molecular complexity index is 2660. The number of rotatable bonds is 13. The molecule has 1 saturated heterocycles. The SMILES string of the molecule is Cn1cc(NC(=O)c2cc(NC(=O)c3cc(NC(=O)c4cccn4C)cn3C)cn2C)cc1C(=O)NCCC(=O)Nc1nc2c(ncn2[C@H]2C[C@H](O)[C@@H](CO)O2)c(=O)[nH]1. The number of aromatic nitrogens is 8. The molecule has 7 heterocycles. The lowest BCUT2D eigenvalue weighted by Gasteiger charge is -2.13. The van der Waals surface area contributed by atoms with Crippen molar-refractivity contribution in [2.24, 2.45) is 28.2 Å². The summed E-state index contributed by atoms with van der Waals surface area (Å²) in [7, 11) is 6.67. The third-order valence-electron chi connectivity index (χ3n) is 9.68. The van der Waals surface area contributed by atoms with Crippen molar-refractivity contribution in [1.82, 2.24) is 43.1 Å². The molecule has 0 spiro atoms. The van der Waals surface area contributed by atoms with Crippen LogP contribution in [0.4, 0.5) is 23.0 Å². The molecule has 308 valence electrons. The first-order chi connectivity index (χ1) is 28.2. The predicted octanol–water partition coefficient (Wildman–Crippen LogP) is 0.630. The first kappa shape index (κ1) is 39.9. The minimum absolute atomic E-state index is 0.0113. The van der Waals surface area contributed by atoms with E-state index >= 15 is 0 Å². The summed E-state index contributed by atoms with van der Waals surface area (Å²) < 4.78 is 13.4. The predicted molar refractivity (Wildman–Crippen MR) is 211 cm³/mol. The minimum Gasteiger partial charge on any atom is -0.394 e. The number of carbonyl (C=O) groups excluding carboxylic acids is 5. The number of anilines is 4. The summed E-state index contributed by atoms with van der Waals surface area (Å²) in [6, 6.07) is 7.93. The number of fused-ring (bicyclic) bond motifs is 1. The Morgan fingerprint density at radius 2 is 1.37 bits per heavy atom. The highest BCUT2D eigenvalue weighted by Gasteiger charge is 2.35. The Hall–Kier alpha value is -7.30. The number of nitrogens with zero attached hydrogens (tertiary/aromatic N) is 7.